The summed E-state index contributed by atoms with van der Waals surface area (Å²) >= 11 is 7.69. The van der Waals surface area contributed by atoms with Crippen LogP contribution in [0.25, 0.3) is 0 Å². The van der Waals surface area contributed by atoms with E-state index in [1.54, 1.807) is 47.8 Å². The van der Waals surface area contributed by atoms with E-state index in [2.05, 4.69) is 10.6 Å². The van der Waals surface area contributed by atoms with Crippen LogP contribution in [0.5, 0.6) is 17.2 Å². The molecule has 0 aliphatic rings. The first-order chi connectivity index (χ1) is 18.5. The maximum absolute atomic E-state index is 13.9. The lowest BCUT2D eigenvalue weighted by atomic mass is 10.00. The first-order valence-corrected chi connectivity index (χ1v) is 13.3. The van der Waals surface area contributed by atoms with Crippen molar-refractivity contribution in [2.24, 2.45) is 0 Å². The Kier molecular flexibility index (Phi) is 9.82. The van der Waals surface area contributed by atoms with Crippen LogP contribution in [0.2, 0.25) is 5.02 Å². The van der Waals surface area contributed by atoms with E-state index in [9.17, 15) is 14.4 Å². The lowest BCUT2D eigenvalue weighted by molar-refractivity contribution is -0.127. The van der Waals surface area contributed by atoms with Gasteiger partial charge in [-0.2, -0.15) is 0 Å². The number of amides is 3. The van der Waals surface area contributed by atoms with Crippen molar-refractivity contribution in [1.82, 2.24) is 10.6 Å². The molecule has 2 aromatic carbocycles. The highest BCUT2D eigenvalue weighted by Gasteiger charge is 2.35. The molecule has 0 bridgehead atoms. The van der Waals surface area contributed by atoms with Gasteiger partial charge in [-0.1, -0.05) is 23.7 Å². The number of thiophene rings is 1. The largest absolute Gasteiger partial charge is 0.495 e. The van der Waals surface area contributed by atoms with Crippen molar-refractivity contribution < 1.29 is 28.6 Å². The Morgan fingerprint density at radius 3 is 2.18 bits per heavy atom. The zero-order valence-corrected chi connectivity index (χ0v) is 24.2. The van der Waals surface area contributed by atoms with Gasteiger partial charge in [0.2, 0.25) is 11.8 Å². The van der Waals surface area contributed by atoms with Crippen LogP contribution in [-0.2, 0) is 9.59 Å². The average Bonchev–Trinajstić information content (AvgIpc) is 3.44. The molecule has 1 heterocycles. The molecule has 0 radical (unpaired) electrons. The number of anilines is 1. The van der Waals surface area contributed by atoms with E-state index in [0.29, 0.717) is 33.4 Å². The second-order valence-corrected chi connectivity index (χ2v) is 10.9. The zero-order valence-electron chi connectivity index (χ0n) is 22.7. The van der Waals surface area contributed by atoms with Crippen molar-refractivity contribution in [3.8, 4) is 17.2 Å². The molecule has 0 unspecified atom stereocenters. The lowest BCUT2D eigenvalue weighted by Gasteiger charge is -2.34. The van der Waals surface area contributed by atoms with Crippen LogP contribution >= 0.6 is 22.9 Å². The zero-order chi connectivity index (χ0) is 28.7. The molecule has 2 N–H and O–H groups in total. The first-order valence-electron chi connectivity index (χ1n) is 12.0. The van der Waals surface area contributed by atoms with Gasteiger partial charge in [0.05, 0.1) is 37.8 Å². The van der Waals surface area contributed by atoms with E-state index in [-0.39, 0.29) is 11.6 Å². The summed E-state index contributed by atoms with van der Waals surface area (Å²) in [6, 6.07) is 12.0. The van der Waals surface area contributed by atoms with Crippen molar-refractivity contribution in [2.45, 2.75) is 32.4 Å². The third kappa shape index (κ3) is 7.42. The van der Waals surface area contributed by atoms with Crippen molar-refractivity contribution in [2.75, 3.05) is 32.8 Å². The van der Waals surface area contributed by atoms with E-state index in [0.717, 1.165) is 0 Å². The van der Waals surface area contributed by atoms with Gasteiger partial charge >= 0.3 is 0 Å². The molecule has 1 atom stereocenters. The maximum atomic E-state index is 13.9. The second kappa shape index (κ2) is 12.9. The number of methoxy groups -OCH3 is 3. The summed E-state index contributed by atoms with van der Waals surface area (Å²) in [7, 11) is 4.47. The fraction of sp³-hybridized carbons (Fsp3) is 0.321. The summed E-state index contributed by atoms with van der Waals surface area (Å²) in [5.74, 6) is -0.127. The number of carbonyl (C=O) groups is 3. The van der Waals surface area contributed by atoms with E-state index in [4.69, 9.17) is 25.8 Å². The number of benzene rings is 2. The average molecular weight is 574 g/mol. The predicted octanol–water partition coefficient (Wildman–Crippen LogP) is 4.85. The van der Waals surface area contributed by atoms with Crippen LogP contribution in [-0.4, -0.2) is 51.1 Å². The maximum Gasteiger partial charge on any atom is 0.261 e. The van der Waals surface area contributed by atoms with E-state index in [1.807, 2.05) is 20.8 Å². The first kappa shape index (κ1) is 29.8. The molecule has 0 spiro atoms. The highest BCUT2D eigenvalue weighted by molar-refractivity contribution is 7.12. The number of halogens is 1. The van der Waals surface area contributed by atoms with Gasteiger partial charge in [0, 0.05) is 11.2 Å². The van der Waals surface area contributed by atoms with Crippen LogP contribution in [0.3, 0.4) is 0 Å². The Balaban J connectivity index is 2.13. The number of nitrogens with one attached hydrogen (secondary N) is 2. The predicted molar refractivity (Wildman–Crippen MR) is 152 cm³/mol. The highest BCUT2D eigenvalue weighted by Crippen LogP contribution is 2.37. The number of hydrogen-bond donors (Lipinski definition) is 2. The fourth-order valence-corrected chi connectivity index (χ4v) is 4.75. The Bertz CT molecular complexity index is 1320. The molecule has 0 aliphatic carbocycles. The number of hydrogen-bond acceptors (Lipinski definition) is 7. The molecule has 1 aromatic heterocycles. The van der Waals surface area contributed by atoms with E-state index >= 15 is 0 Å². The summed E-state index contributed by atoms with van der Waals surface area (Å²) in [5.41, 5.74) is 0.185. The molecule has 9 nitrogen and oxygen atoms in total. The molecule has 3 aromatic rings. The Labute approximate surface area is 237 Å². The molecule has 0 aliphatic heterocycles. The van der Waals surface area contributed by atoms with Crippen molar-refractivity contribution >= 4 is 46.3 Å². The summed E-state index contributed by atoms with van der Waals surface area (Å²) in [6.07, 6.45) is 0. The van der Waals surface area contributed by atoms with Gasteiger partial charge in [-0.3, -0.25) is 19.3 Å². The SMILES string of the molecule is COc1ccc(N(C(=O)CNC(=O)c2cccs2)[C@H](C(=O)NC(C)(C)C)c2ccc(OC)c(OC)c2)cc1Cl. The topological polar surface area (TPSA) is 106 Å². The van der Waals surface area contributed by atoms with Gasteiger partial charge in [-0.25, -0.2) is 0 Å². The molecule has 11 heteroatoms. The minimum absolute atomic E-state index is 0.248. The van der Waals surface area contributed by atoms with Crippen LogP contribution in [0.4, 0.5) is 5.69 Å². The summed E-state index contributed by atoms with van der Waals surface area (Å²) < 4.78 is 16.1. The molecule has 0 saturated carbocycles. The molecule has 39 heavy (non-hydrogen) atoms. The van der Waals surface area contributed by atoms with E-state index < -0.39 is 29.3 Å². The third-order valence-corrected chi connectivity index (χ3v) is 6.72. The van der Waals surface area contributed by atoms with E-state index in [1.165, 1.54) is 43.6 Å². The number of nitrogens with zero attached hydrogens (tertiary/aromatic N) is 1. The fourth-order valence-electron chi connectivity index (χ4n) is 3.86. The van der Waals surface area contributed by atoms with Crippen LogP contribution < -0.4 is 29.7 Å². The normalized spacial score (nSPS) is 11.8. The Morgan fingerprint density at radius 1 is 0.949 bits per heavy atom. The van der Waals surface area contributed by atoms with Gasteiger partial charge in [-0.15, -0.1) is 11.3 Å². The lowest BCUT2D eigenvalue weighted by Crippen LogP contribution is -2.51. The minimum Gasteiger partial charge on any atom is -0.495 e. The summed E-state index contributed by atoms with van der Waals surface area (Å²) in [6.45, 7) is 5.16. The van der Waals surface area contributed by atoms with Crippen LogP contribution in [0, 0.1) is 0 Å². The van der Waals surface area contributed by atoms with Crippen molar-refractivity contribution in [1.29, 1.82) is 0 Å². The smallest absolute Gasteiger partial charge is 0.261 e. The van der Waals surface area contributed by atoms with Crippen molar-refractivity contribution in [3.63, 3.8) is 0 Å². The van der Waals surface area contributed by atoms with Gasteiger partial charge in [0.25, 0.3) is 5.91 Å². The van der Waals surface area contributed by atoms with Gasteiger partial charge in [-0.05, 0) is 68.1 Å². The molecule has 0 fully saturated rings. The molecule has 0 saturated heterocycles. The van der Waals surface area contributed by atoms with Crippen molar-refractivity contribution in [3.05, 3.63) is 69.4 Å². The Morgan fingerprint density at radius 2 is 1.62 bits per heavy atom. The molecular formula is C28H32ClN3O6S. The Hall–Kier alpha value is -3.76. The minimum atomic E-state index is -1.15. The number of ether oxygens (including phenoxy) is 3. The standard InChI is InChI=1S/C28H32ClN3O6S/c1-28(2,3)31-27(35)25(17-9-11-21(37-5)22(14-17)38-6)32(18-10-12-20(36-4)19(29)15-18)24(33)16-30-26(34)23-8-7-13-39-23/h7-15,25H,16H2,1-6H3,(H,30,34)(H,31,35)/t25-/m0/s1. The summed E-state index contributed by atoms with van der Waals surface area (Å²) in [4.78, 5) is 42.1. The number of carbonyl (C=O) groups excluding carboxylic acids is 3. The highest BCUT2D eigenvalue weighted by atomic mass is 35.5. The van der Waals surface area contributed by atoms with Gasteiger partial charge < -0.3 is 24.8 Å². The molecular weight excluding hydrogens is 542 g/mol. The monoisotopic (exact) mass is 573 g/mol. The molecule has 208 valence electrons. The molecule has 3 amide bonds. The summed E-state index contributed by atoms with van der Waals surface area (Å²) in [5, 5.41) is 7.64. The van der Waals surface area contributed by atoms with Gasteiger partial charge in [0.1, 0.15) is 11.8 Å². The number of rotatable bonds is 10. The molecule has 3 rings (SSSR count). The van der Waals surface area contributed by atoms with Gasteiger partial charge in [0.15, 0.2) is 11.5 Å². The van der Waals surface area contributed by atoms with Crippen LogP contribution in [0.15, 0.2) is 53.9 Å². The second-order valence-electron chi connectivity index (χ2n) is 9.50. The van der Waals surface area contributed by atoms with Crippen LogP contribution in [0.1, 0.15) is 42.0 Å². The quantitative estimate of drug-likeness (QED) is 0.359. The third-order valence-electron chi connectivity index (χ3n) is 5.56.